The van der Waals surface area contributed by atoms with Gasteiger partial charge >= 0.3 is 0 Å². The number of nitrogens with two attached hydrogens (primary N) is 1. The Morgan fingerprint density at radius 1 is 1.29 bits per heavy atom. The maximum absolute atomic E-state index is 11.3. The minimum absolute atomic E-state index is 0.0548. The number of hydrogen-bond acceptors (Lipinski definition) is 1. The Labute approximate surface area is 85.2 Å². The van der Waals surface area contributed by atoms with Crippen LogP contribution >= 0.6 is 0 Å². The van der Waals surface area contributed by atoms with Crippen LogP contribution in [0, 0.1) is 34.5 Å². The number of primary amides is 1. The first-order valence-electron chi connectivity index (χ1n) is 5.69. The Kier molecular flexibility index (Phi) is 1.27. The van der Waals surface area contributed by atoms with Crippen LogP contribution in [-0.4, -0.2) is 5.91 Å². The van der Waals surface area contributed by atoms with E-state index in [2.05, 4.69) is 20.8 Å². The average Bonchev–Trinajstić information content (AvgIpc) is 2.69. The Morgan fingerprint density at radius 3 is 2.36 bits per heavy atom. The van der Waals surface area contributed by atoms with Gasteiger partial charge in [-0.1, -0.05) is 20.8 Å². The van der Waals surface area contributed by atoms with Crippen LogP contribution in [0.4, 0.5) is 0 Å². The van der Waals surface area contributed by atoms with Crippen molar-refractivity contribution in [1.82, 2.24) is 0 Å². The van der Waals surface area contributed by atoms with Gasteiger partial charge in [0.15, 0.2) is 0 Å². The second kappa shape index (κ2) is 2.02. The van der Waals surface area contributed by atoms with Crippen LogP contribution in [0.3, 0.4) is 0 Å². The third kappa shape index (κ3) is 0.665. The molecule has 2 nitrogen and oxygen atoms in total. The number of rotatable bonds is 1. The molecule has 14 heavy (non-hydrogen) atoms. The van der Waals surface area contributed by atoms with Gasteiger partial charge in [0.05, 0.1) is 0 Å². The maximum Gasteiger partial charge on any atom is 0.221 e. The lowest BCUT2D eigenvalue weighted by Gasteiger charge is -2.59. The monoisotopic (exact) mass is 193 g/mol. The van der Waals surface area contributed by atoms with E-state index in [1.54, 1.807) is 0 Å². The average molecular weight is 193 g/mol. The Hall–Kier alpha value is -0.530. The molecule has 2 heteroatoms. The Balaban J connectivity index is 1.94. The fraction of sp³-hybridized carbons (Fsp3) is 0.917. The van der Waals surface area contributed by atoms with Crippen LogP contribution < -0.4 is 5.73 Å². The highest BCUT2D eigenvalue weighted by atomic mass is 16.1. The van der Waals surface area contributed by atoms with Gasteiger partial charge in [0.25, 0.3) is 0 Å². The van der Waals surface area contributed by atoms with Crippen LogP contribution in [-0.2, 0) is 4.79 Å². The van der Waals surface area contributed by atoms with E-state index in [4.69, 9.17) is 5.73 Å². The molecular weight excluding hydrogens is 174 g/mol. The second-order valence-corrected chi connectivity index (χ2v) is 6.39. The predicted molar refractivity (Wildman–Crippen MR) is 54.3 cm³/mol. The molecule has 2 bridgehead atoms. The van der Waals surface area contributed by atoms with E-state index in [9.17, 15) is 4.79 Å². The van der Waals surface area contributed by atoms with E-state index >= 15 is 0 Å². The first-order valence-corrected chi connectivity index (χ1v) is 5.69. The molecule has 0 saturated heterocycles. The zero-order valence-electron chi connectivity index (χ0n) is 9.21. The van der Waals surface area contributed by atoms with Gasteiger partial charge in [0.2, 0.25) is 5.91 Å². The van der Waals surface area contributed by atoms with Crippen molar-refractivity contribution in [3.8, 4) is 0 Å². The maximum atomic E-state index is 11.3. The van der Waals surface area contributed by atoms with E-state index < -0.39 is 0 Å². The highest BCUT2D eigenvalue weighted by molar-refractivity contribution is 5.82. The van der Waals surface area contributed by atoms with Crippen molar-refractivity contribution in [1.29, 1.82) is 0 Å². The summed E-state index contributed by atoms with van der Waals surface area (Å²) in [5.41, 5.74) is 6.21. The molecule has 1 amide bonds. The number of amides is 1. The third-order valence-corrected chi connectivity index (χ3v) is 5.83. The molecule has 4 rings (SSSR count). The summed E-state index contributed by atoms with van der Waals surface area (Å²) in [6.45, 7) is 7.02. The van der Waals surface area contributed by atoms with Gasteiger partial charge in [-0.15, -0.1) is 0 Å². The van der Waals surface area contributed by atoms with Crippen LogP contribution in [0.2, 0.25) is 0 Å². The summed E-state index contributed by atoms with van der Waals surface area (Å²) < 4.78 is 0. The fourth-order valence-electron chi connectivity index (χ4n) is 4.77. The lowest BCUT2D eigenvalue weighted by Crippen LogP contribution is -2.52. The molecule has 4 aliphatic rings. The first-order chi connectivity index (χ1) is 6.40. The zero-order valence-corrected chi connectivity index (χ0v) is 9.21. The lowest BCUT2D eigenvalue weighted by atomic mass is 9.45. The number of hydrogen-bond donors (Lipinski definition) is 1. The zero-order chi connectivity index (χ0) is 10.3. The van der Waals surface area contributed by atoms with Crippen LogP contribution in [0.5, 0.6) is 0 Å². The van der Waals surface area contributed by atoms with E-state index in [0.717, 1.165) is 11.8 Å². The van der Waals surface area contributed by atoms with Gasteiger partial charge in [-0.05, 0) is 41.4 Å². The summed E-state index contributed by atoms with van der Waals surface area (Å²) in [7, 11) is 0. The summed E-state index contributed by atoms with van der Waals surface area (Å²) in [5, 5.41) is 0. The summed E-state index contributed by atoms with van der Waals surface area (Å²) >= 11 is 0. The largest absolute Gasteiger partial charge is 0.369 e. The van der Waals surface area contributed by atoms with E-state index in [-0.39, 0.29) is 17.2 Å². The highest BCUT2D eigenvalue weighted by Crippen LogP contribution is 2.80. The normalized spacial score (nSPS) is 57.1. The molecule has 0 radical (unpaired) electrons. The summed E-state index contributed by atoms with van der Waals surface area (Å²) in [4.78, 5) is 11.3. The van der Waals surface area contributed by atoms with Gasteiger partial charge < -0.3 is 5.73 Å². The standard InChI is InChI=1S/C12H19NO/c1-11(2)6-4-7-9(10(13)14)12(7,3)8(11)5-6/h6-9H,4-5H2,1-3H3,(H2,13,14)/t6-,7?,8-,9?,12?/m1/s1. The van der Waals surface area contributed by atoms with Crippen molar-refractivity contribution in [2.24, 2.45) is 40.2 Å². The summed E-state index contributed by atoms with van der Waals surface area (Å²) in [6, 6.07) is 0. The molecular formula is C12H19NO. The van der Waals surface area contributed by atoms with E-state index in [1.807, 2.05) is 0 Å². The van der Waals surface area contributed by atoms with Crippen molar-refractivity contribution in [3.05, 3.63) is 0 Å². The number of carbonyl (C=O) groups excluding carboxylic acids is 1. The molecule has 0 heterocycles. The summed E-state index contributed by atoms with van der Waals surface area (Å²) in [5.74, 6) is 2.36. The van der Waals surface area contributed by atoms with Crippen LogP contribution in [0.15, 0.2) is 0 Å². The smallest absolute Gasteiger partial charge is 0.221 e. The van der Waals surface area contributed by atoms with E-state index in [1.165, 1.54) is 12.8 Å². The lowest BCUT2D eigenvalue weighted by molar-refractivity contribution is -0.123. The molecule has 4 aliphatic carbocycles. The molecule has 4 fully saturated rings. The minimum Gasteiger partial charge on any atom is -0.369 e. The second-order valence-electron chi connectivity index (χ2n) is 6.39. The van der Waals surface area contributed by atoms with Crippen LogP contribution in [0.25, 0.3) is 0 Å². The molecule has 78 valence electrons. The van der Waals surface area contributed by atoms with Gasteiger partial charge in [0.1, 0.15) is 0 Å². The molecule has 0 spiro atoms. The molecule has 5 atom stereocenters. The Bertz CT molecular complexity index is 322. The molecule has 0 aromatic rings. The van der Waals surface area contributed by atoms with Gasteiger partial charge in [0, 0.05) is 5.92 Å². The molecule has 3 unspecified atom stereocenters. The van der Waals surface area contributed by atoms with Crippen molar-refractivity contribution in [3.63, 3.8) is 0 Å². The van der Waals surface area contributed by atoms with Crippen LogP contribution in [0.1, 0.15) is 33.6 Å². The van der Waals surface area contributed by atoms with Gasteiger partial charge in [-0.2, -0.15) is 0 Å². The summed E-state index contributed by atoms with van der Waals surface area (Å²) in [6.07, 6.45) is 2.58. The quantitative estimate of drug-likeness (QED) is 0.678. The molecule has 0 aliphatic heterocycles. The third-order valence-electron chi connectivity index (χ3n) is 5.83. The molecule has 0 aromatic carbocycles. The van der Waals surface area contributed by atoms with Gasteiger partial charge in [-0.25, -0.2) is 0 Å². The van der Waals surface area contributed by atoms with Crippen molar-refractivity contribution in [2.45, 2.75) is 33.6 Å². The predicted octanol–water partition coefficient (Wildman–Crippen LogP) is 1.79. The molecule has 0 aromatic heterocycles. The van der Waals surface area contributed by atoms with Crippen molar-refractivity contribution >= 4 is 5.91 Å². The van der Waals surface area contributed by atoms with Crippen molar-refractivity contribution < 1.29 is 4.79 Å². The topological polar surface area (TPSA) is 43.1 Å². The first kappa shape index (κ1) is 8.75. The van der Waals surface area contributed by atoms with E-state index in [0.29, 0.717) is 11.3 Å². The highest BCUT2D eigenvalue weighted by Gasteiger charge is 2.77. The van der Waals surface area contributed by atoms with Crippen molar-refractivity contribution in [2.75, 3.05) is 0 Å². The minimum atomic E-state index is -0.0548. The molecule has 4 saturated carbocycles. The fourth-order valence-corrected chi connectivity index (χ4v) is 4.77. The molecule has 2 N–H and O–H groups in total. The Morgan fingerprint density at radius 2 is 1.93 bits per heavy atom. The van der Waals surface area contributed by atoms with Gasteiger partial charge in [-0.3, -0.25) is 4.79 Å². The number of carbonyl (C=O) groups is 1. The SMILES string of the molecule is CC12C(C[C@@H]3C[C@@H]1C3(C)C)C2C(N)=O.